The molecule has 0 fully saturated rings. The van der Waals surface area contributed by atoms with Crippen molar-refractivity contribution < 1.29 is 4.74 Å². The largest absolute Gasteiger partial charge is 0.454 e. The van der Waals surface area contributed by atoms with Crippen LogP contribution in [-0.2, 0) is 0 Å². The van der Waals surface area contributed by atoms with Gasteiger partial charge in [-0.25, -0.2) is 0 Å². The molecule has 0 aliphatic carbocycles. The molecule has 4 rings (SSSR count). The number of rotatable bonds is 4. The molecule has 3 aromatic carbocycles. The fourth-order valence-corrected chi connectivity index (χ4v) is 2.61. The highest BCUT2D eigenvalue weighted by molar-refractivity contribution is 5.88. The molecular formula is C22H16N2O. The first-order chi connectivity index (χ1) is 12.4. The minimum atomic E-state index is 0.700. The number of fused-ring (bicyclic) bond motifs is 1. The second kappa shape index (κ2) is 6.97. The normalized spacial score (nSPS) is 11.0. The lowest BCUT2D eigenvalue weighted by atomic mass is 10.1. The molecule has 0 N–H and O–H groups in total. The van der Waals surface area contributed by atoms with Gasteiger partial charge in [-0.1, -0.05) is 66.7 Å². The van der Waals surface area contributed by atoms with Gasteiger partial charge in [0.2, 0.25) is 0 Å². The Kier molecular flexibility index (Phi) is 4.21. The molecule has 4 aromatic rings. The van der Waals surface area contributed by atoms with E-state index in [1.165, 1.54) is 0 Å². The molecule has 0 saturated carbocycles. The van der Waals surface area contributed by atoms with Crippen molar-refractivity contribution in [2.75, 3.05) is 0 Å². The summed E-state index contributed by atoms with van der Waals surface area (Å²) >= 11 is 0. The molecule has 0 atom stereocenters. The summed E-state index contributed by atoms with van der Waals surface area (Å²) in [6, 6.07) is 27.7. The van der Waals surface area contributed by atoms with E-state index >= 15 is 0 Å². The lowest BCUT2D eigenvalue weighted by molar-refractivity contribution is 0.483. The van der Waals surface area contributed by atoms with Crippen LogP contribution >= 0.6 is 0 Å². The van der Waals surface area contributed by atoms with Crippen molar-refractivity contribution in [3.8, 4) is 11.5 Å². The molecule has 1 aromatic heterocycles. The van der Waals surface area contributed by atoms with Crippen molar-refractivity contribution in [3.05, 3.63) is 96.2 Å². The minimum Gasteiger partial charge on any atom is -0.454 e. The van der Waals surface area contributed by atoms with Crippen LogP contribution < -0.4 is 4.74 Å². The van der Waals surface area contributed by atoms with E-state index in [4.69, 9.17) is 4.74 Å². The Morgan fingerprint density at radius 2 is 1.32 bits per heavy atom. The number of ether oxygens (including phenoxy) is 1. The first-order valence-corrected chi connectivity index (χ1v) is 8.11. The van der Waals surface area contributed by atoms with Gasteiger partial charge in [0.25, 0.3) is 0 Å². The molecule has 120 valence electrons. The van der Waals surface area contributed by atoms with Crippen LogP contribution in [0, 0.1) is 0 Å². The van der Waals surface area contributed by atoms with E-state index in [0.29, 0.717) is 11.4 Å². The molecule has 3 nitrogen and oxygen atoms in total. The van der Waals surface area contributed by atoms with E-state index in [9.17, 15) is 0 Å². The summed E-state index contributed by atoms with van der Waals surface area (Å²) in [6.07, 6.45) is 3.95. The van der Waals surface area contributed by atoms with Gasteiger partial charge in [0.1, 0.15) is 11.4 Å². The van der Waals surface area contributed by atoms with Gasteiger partial charge in [-0.2, -0.15) is 0 Å². The summed E-state index contributed by atoms with van der Waals surface area (Å²) in [6.45, 7) is 0. The van der Waals surface area contributed by atoms with Crippen molar-refractivity contribution in [1.29, 1.82) is 0 Å². The maximum atomic E-state index is 6.16. The quantitative estimate of drug-likeness (QED) is 0.490. The smallest absolute Gasteiger partial charge is 0.164 e. The maximum Gasteiger partial charge on any atom is 0.164 e. The highest BCUT2D eigenvalue weighted by Crippen LogP contribution is 2.32. The highest BCUT2D eigenvalue weighted by atomic mass is 16.5. The van der Waals surface area contributed by atoms with Crippen LogP contribution in [0.2, 0.25) is 0 Å². The molecule has 0 unspecified atom stereocenters. The van der Waals surface area contributed by atoms with Crippen LogP contribution in [0.4, 0.5) is 0 Å². The molecule has 0 saturated heterocycles. The van der Waals surface area contributed by atoms with E-state index in [-0.39, 0.29) is 0 Å². The van der Waals surface area contributed by atoms with Crippen molar-refractivity contribution in [3.63, 3.8) is 0 Å². The number of para-hydroxylation sites is 1. The summed E-state index contributed by atoms with van der Waals surface area (Å²) in [5.41, 5.74) is 2.61. The first kappa shape index (κ1) is 15.1. The van der Waals surface area contributed by atoms with Crippen molar-refractivity contribution in [2.45, 2.75) is 0 Å². The monoisotopic (exact) mass is 324 g/mol. The Morgan fingerprint density at radius 3 is 2.12 bits per heavy atom. The average molecular weight is 324 g/mol. The van der Waals surface area contributed by atoms with Gasteiger partial charge in [0.15, 0.2) is 5.75 Å². The predicted molar refractivity (Wildman–Crippen MR) is 101 cm³/mol. The third-order valence-electron chi connectivity index (χ3n) is 3.84. The van der Waals surface area contributed by atoms with Crippen LogP contribution in [-0.4, -0.2) is 10.2 Å². The lowest BCUT2D eigenvalue weighted by Gasteiger charge is -2.10. The number of aromatic nitrogens is 2. The van der Waals surface area contributed by atoms with E-state index in [1.807, 2.05) is 97.1 Å². The molecule has 1 heterocycles. The average Bonchev–Trinajstić information content (AvgIpc) is 2.69. The van der Waals surface area contributed by atoms with E-state index < -0.39 is 0 Å². The van der Waals surface area contributed by atoms with Gasteiger partial charge >= 0.3 is 0 Å². The summed E-state index contributed by atoms with van der Waals surface area (Å²) in [4.78, 5) is 0. The van der Waals surface area contributed by atoms with Crippen LogP contribution in [0.25, 0.3) is 23.1 Å². The predicted octanol–water partition coefficient (Wildman–Crippen LogP) is 5.59. The number of hydrogen-bond donors (Lipinski definition) is 0. The zero-order chi connectivity index (χ0) is 16.9. The molecule has 0 spiro atoms. The van der Waals surface area contributed by atoms with Crippen molar-refractivity contribution >= 4 is 23.1 Å². The summed E-state index contributed by atoms with van der Waals surface area (Å²) in [7, 11) is 0. The molecule has 0 amide bonds. The van der Waals surface area contributed by atoms with Crippen LogP contribution in [0.5, 0.6) is 11.5 Å². The first-order valence-electron chi connectivity index (χ1n) is 8.11. The van der Waals surface area contributed by atoms with Gasteiger partial charge in [0, 0.05) is 5.39 Å². The van der Waals surface area contributed by atoms with Gasteiger partial charge < -0.3 is 4.74 Å². The van der Waals surface area contributed by atoms with Crippen LogP contribution in [0.3, 0.4) is 0 Å². The Labute approximate surface area is 146 Å². The van der Waals surface area contributed by atoms with Crippen LogP contribution in [0.1, 0.15) is 11.3 Å². The minimum absolute atomic E-state index is 0.700. The standard InChI is InChI=1S/C22H16N2O/c1-3-9-17(10-4-1)15-16-21-22(25-18-11-5-2-6-12-18)19-13-7-8-14-20(19)23-24-21/h1-16H/b16-15+. The fourth-order valence-electron chi connectivity index (χ4n) is 2.61. The Hall–Kier alpha value is -3.46. The third-order valence-corrected chi connectivity index (χ3v) is 3.84. The molecule has 0 radical (unpaired) electrons. The van der Waals surface area contributed by atoms with E-state index in [1.54, 1.807) is 0 Å². The zero-order valence-electron chi connectivity index (χ0n) is 13.5. The second-order valence-corrected chi connectivity index (χ2v) is 5.59. The van der Waals surface area contributed by atoms with Gasteiger partial charge in [-0.15, -0.1) is 10.2 Å². The maximum absolute atomic E-state index is 6.16. The third kappa shape index (κ3) is 3.40. The van der Waals surface area contributed by atoms with E-state index in [2.05, 4.69) is 10.2 Å². The summed E-state index contributed by atoms with van der Waals surface area (Å²) < 4.78 is 6.16. The second-order valence-electron chi connectivity index (χ2n) is 5.59. The van der Waals surface area contributed by atoms with Crippen LogP contribution in [0.15, 0.2) is 84.9 Å². The molecule has 0 aliphatic rings. The Morgan fingerprint density at radius 1 is 0.640 bits per heavy atom. The number of hydrogen-bond acceptors (Lipinski definition) is 3. The fraction of sp³-hybridized carbons (Fsp3) is 0. The Balaban J connectivity index is 1.80. The summed E-state index contributed by atoms with van der Waals surface area (Å²) in [5.74, 6) is 1.49. The summed E-state index contributed by atoms with van der Waals surface area (Å²) in [5, 5.41) is 9.61. The number of benzene rings is 3. The van der Waals surface area contributed by atoms with E-state index in [0.717, 1.165) is 22.2 Å². The molecular weight excluding hydrogens is 308 g/mol. The van der Waals surface area contributed by atoms with Gasteiger partial charge in [-0.05, 0) is 35.9 Å². The van der Waals surface area contributed by atoms with Gasteiger partial charge in [-0.3, -0.25) is 0 Å². The molecule has 25 heavy (non-hydrogen) atoms. The van der Waals surface area contributed by atoms with Crippen molar-refractivity contribution in [2.24, 2.45) is 0 Å². The SMILES string of the molecule is C(=C\c1nnc2ccccc2c1Oc1ccccc1)/c1ccccc1. The lowest BCUT2D eigenvalue weighted by Crippen LogP contribution is -1.95. The molecule has 0 bridgehead atoms. The molecule has 3 heteroatoms. The Bertz CT molecular complexity index is 1010. The van der Waals surface area contributed by atoms with Gasteiger partial charge in [0.05, 0.1) is 5.52 Å². The zero-order valence-corrected chi connectivity index (χ0v) is 13.5. The number of nitrogens with zero attached hydrogens (tertiary/aromatic N) is 2. The highest BCUT2D eigenvalue weighted by Gasteiger charge is 2.11. The van der Waals surface area contributed by atoms with Crippen molar-refractivity contribution in [1.82, 2.24) is 10.2 Å². The topological polar surface area (TPSA) is 35.0 Å². The molecule has 0 aliphatic heterocycles.